The fraction of sp³-hybridized carbons (Fsp3) is 0.438. The number of hydrogen-bond donors (Lipinski definition) is 2. The summed E-state index contributed by atoms with van der Waals surface area (Å²) >= 11 is 0. The van der Waals surface area contributed by atoms with Crippen molar-refractivity contribution in [2.75, 3.05) is 6.54 Å². The summed E-state index contributed by atoms with van der Waals surface area (Å²) in [6.45, 7) is 4.04. The number of carbonyl (C=O) groups is 1. The molecular formula is C16H22N2O3S. The highest BCUT2D eigenvalue weighted by molar-refractivity contribution is 7.93. The van der Waals surface area contributed by atoms with Gasteiger partial charge in [-0.05, 0) is 43.4 Å². The fourth-order valence-corrected chi connectivity index (χ4v) is 3.76. The summed E-state index contributed by atoms with van der Waals surface area (Å²) < 4.78 is 27.3. The summed E-state index contributed by atoms with van der Waals surface area (Å²) in [5.41, 5.74) is 2.08. The Morgan fingerprint density at radius 3 is 2.73 bits per heavy atom. The maximum atomic E-state index is 12.4. The lowest BCUT2D eigenvalue weighted by Crippen LogP contribution is -2.45. The van der Waals surface area contributed by atoms with E-state index in [1.165, 1.54) is 0 Å². The minimum Gasteiger partial charge on any atom is -0.355 e. The molecule has 1 aliphatic rings. The molecule has 22 heavy (non-hydrogen) atoms. The molecule has 2 rings (SSSR count). The number of amides is 1. The van der Waals surface area contributed by atoms with Gasteiger partial charge in [-0.25, -0.2) is 8.42 Å². The lowest BCUT2D eigenvalue weighted by atomic mass is 9.98. The highest BCUT2D eigenvalue weighted by atomic mass is 32.2. The molecule has 0 aromatic heterocycles. The number of benzene rings is 1. The number of hydrogen-bond acceptors (Lipinski definition) is 3. The average Bonchev–Trinajstić information content (AvgIpc) is 2.51. The second kappa shape index (κ2) is 7.07. The van der Waals surface area contributed by atoms with E-state index in [1.54, 1.807) is 13.0 Å². The van der Waals surface area contributed by atoms with Crippen molar-refractivity contribution >= 4 is 22.0 Å². The number of sulfonamides is 1. The van der Waals surface area contributed by atoms with Crippen LogP contribution in [-0.4, -0.2) is 26.9 Å². The Hall–Kier alpha value is -1.66. The van der Waals surface area contributed by atoms with Gasteiger partial charge in [0.2, 0.25) is 15.9 Å². The molecule has 0 saturated carbocycles. The van der Waals surface area contributed by atoms with Crippen LogP contribution in [0.25, 0.3) is 6.08 Å². The summed E-state index contributed by atoms with van der Waals surface area (Å²) in [7, 11) is -3.65. The monoisotopic (exact) mass is 322 g/mol. The zero-order valence-corrected chi connectivity index (χ0v) is 13.7. The summed E-state index contributed by atoms with van der Waals surface area (Å²) in [5.74, 6) is -0.303. The van der Waals surface area contributed by atoms with Crippen molar-refractivity contribution in [1.82, 2.24) is 10.0 Å². The number of carbonyl (C=O) groups excluding carboxylic acids is 1. The minimum absolute atomic E-state index is 0.303. The van der Waals surface area contributed by atoms with Gasteiger partial charge in [0.15, 0.2) is 0 Å². The van der Waals surface area contributed by atoms with Crippen LogP contribution in [-0.2, 0) is 21.2 Å². The van der Waals surface area contributed by atoms with E-state index in [9.17, 15) is 13.2 Å². The molecular weight excluding hydrogens is 300 g/mol. The van der Waals surface area contributed by atoms with Crippen LogP contribution < -0.4 is 10.0 Å². The van der Waals surface area contributed by atoms with Gasteiger partial charge in [-0.1, -0.05) is 31.2 Å². The lowest BCUT2D eigenvalue weighted by Gasteiger charge is -2.19. The molecule has 0 heterocycles. The zero-order chi connectivity index (χ0) is 16.2. The molecule has 0 bridgehead atoms. The first-order valence-corrected chi connectivity index (χ1v) is 9.01. The van der Waals surface area contributed by atoms with E-state index < -0.39 is 16.1 Å². The van der Waals surface area contributed by atoms with Gasteiger partial charge in [0.25, 0.3) is 0 Å². The smallest absolute Gasteiger partial charge is 0.237 e. The highest BCUT2D eigenvalue weighted by Gasteiger charge is 2.25. The van der Waals surface area contributed by atoms with E-state index in [4.69, 9.17) is 0 Å². The first-order valence-electron chi connectivity index (χ1n) is 7.52. The van der Waals surface area contributed by atoms with E-state index >= 15 is 0 Å². The molecule has 1 unspecified atom stereocenters. The number of aryl methyl sites for hydroxylation is 1. The number of fused-ring (bicyclic) bond motifs is 1. The van der Waals surface area contributed by atoms with Crippen LogP contribution in [0.5, 0.6) is 0 Å². The van der Waals surface area contributed by atoms with Gasteiger partial charge >= 0.3 is 0 Å². The topological polar surface area (TPSA) is 75.3 Å². The van der Waals surface area contributed by atoms with Crippen LogP contribution in [0.4, 0.5) is 0 Å². The van der Waals surface area contributed by atoms with Crippen molar-refractivity contribution in [2.45, 2.75) is 39.2 Å². The van der Waals surface area contributed by atoms with E-state index in [0.717, 1.165) is 17.5 Å². The third-order valence-corrected chi connectivity index (χ3v) is 5.31. The van der Waals surface area contributed by atoms with Crippen molar-refractivity contribution in [3.63, 3.8) is 0 Å². The van der Waals surface area contributed by atoms with Crippen molar-refractivity contribution in [2.24, 2.45) is 0 Å². The van der Waals surface area contributed by atoms with Crippen LogP contribution in [0.1, 0.15) is 37.8 Å². The van der Waals surface area contributed by atoms with Crippen molar-refractivity contribution in [3.8, 4) is 0 Å². The second-order valence-electron chi connectivity index (χ2n) is 5.44. The molecule has 6 heteroatoms. The number of nitrogens with one attached hydrogen (secondary N) is 2. The van der Waals surface area contributed by atoms with Crippen LogP contribution in [0.15, 0.2) is 29.2 Å². The third-order valence-electron chi connectivity index (χ3n) is 3.63. The Labute approximate surface area is 131 Å². The maximum absolute atomic E-state index is 12.4. The SMILES string of the molecule is CCCNC(=O)C(C)NS(=O)(=O)C1=Cc2ccccc2CC1. The van der Waals surface area contributed by atoms with Gasteiger partial charge in [0.05, 0.1) is 10.9 Å². The van der Waals surface area contributed by atoms with Crippen LogP contribution in [0.2, 0.25) is 0 Å². The van der Waals surface area contributed by atoms with Crippen LogP contribution in [0, 0.1) is 0 Å². The van der Waals surface area contributed by atoms with Crippen molar-refractivity contribution < 1.29 is 13.2 Å². The molecule has 1 aromatic carbocycles. The van der Waals surface area contributed by atoms with Gasteiger partial charge in [0, 0.05) is 6.54 Å². The molecule has 2 N–H and O–H groups in total. The largest absolute Gasteiger partial charge is 0.355 e. The molecule has 1 amide bonds. The second-order valence-corrected chi connectivity index (χ2v) is 7.21. The molecule has 1 aromatic rings. The molecule has 1 atom stereocenters. The van der Waals surface area contributed by atoms with Gasteiger partial charge in [-0.15, -0.1) is 0 Å². The quantitative estimate of drug-likeness (QED) is 0.839. The van der Waals surface area contributed by atoms with E-state index in [-0.39, 0.29) is 5.91 Å². The summed E-state index contributed by atoms with van der Waals surface area (Å²) in [4.78, 5) is 12.1. The standard InChI is InChI=1S/C16H22N2O3S/c1-3-10-17-16(19)12(2)18-22(20,21)15-9-8-13-6-4-5-7-14(13)11-15/h4-7,11-12,18H,3,8-10H2,1-2H3,(H,17,19). The highest BCUT2D eigenvalue weighted by Crippen LogP contribution is 2.26. The molecule has 120 valence electrons. The number of allylic oxidation sites excluding steroid dienone is 1. The van der Waals surface area contributed by atoms with E-state index in [1.807, 2.05) is 31.2 Å². The maximum Gasteiger partial charge on any atom is 0.237 e. The van der Waals surface area contributed by atoms with Crippen molar-refractivity contribution in [3.05, 3.63) is 40.3 Å². The molecule has 1 aliphatic carbocycles. The Morgan fingerprint density at radius 2 is 2.00 bits per heavy atom. The van der Waals surface area contributed by atoms with Gasteiger partial charge in [-0.3, -0.25) is 4.79 Å². The minimum atomic E-state index is -3.65. The van der Waals surface area contributed by atoms with Crippen molar-refractivity contribution in [1.29, 1.82) is 0 Å². The zero-order valence-electron chi connectivity index (χ0n) is 12.9. The number of rotatable bonds is 6. The predicted molar refractivity (Wildman–Crippen MR) is 87.6 cm³/mol. The first kappa shape index (κ1) is 16.7. The normalized spacial score (nSPS) is 15.6. The molecule has 0 aliphatic heterocycles. The summed E-state index contributed by atoms with van der Waals surface area (Å²) in [6, 6.07) is 6.96. The molecule has 0 spiro atoms. The molecule has 5 nitrogen and oxygen atoms in total. The van der Waals surface area contributed by atoms with Gasteiger partial charge < -0.3 is 5.32 Å². The summed E-state index contributed by atoms with van der Waals surface area (Å²) in [6.07, 6.45) is 3.65. The average molecular weight is 322 g/mol. The van der Waals surface area contributed by atoms with Crippen LogP contribution >= 0.6 is 0 Å². The van der Waals surface area contributed by atoms with E-state index in [0.29, 0.717) is 24.3 Å². The Morgan fingerprint density at radius 1 is 1.27 bits per heavy atom. The molecule has 0 fully saturated rings. The fourth-order valence-electron chi connectivity index (χ4n) is 2.38. The van der Waals surface area contributed by atoms with E-state index in [2.05, 4.69) is 10.0 Å². The van der Waals surface area contributed by atoms with Gasteiger partial charge in [0.1, 0.15) is 0 Å². The molecule has 0 radical (unpaired) electrons. The predicted octanol–water partition coefficient (Wildman–Crippen LogP) is 1.81. The van der Waals surface area contributed by atoms with Crippen LogP contribution in [0.3, 0.4) is 0 Å². The summed E-state index contributed by atoms with van der Waals surface area (Å²) in [5, 5.41) is 2.69. The Kier molecular flexibility index (Phi) is 5.37. The third kappa shape index (κ3) is 3.96. The Bertz CT molecular complexity index is 680. The van der Waals surface area contributed by atoms with Gasteiger partial charge in [-0.2, -0.15) is 4.72 Å². The molecule has 0 saturated heterocycles. The lowest BCUT2D eigenvalue weighted by molar-refractivity contribution is -0.122. The first-order chi connectivity index (χ1) is 10.4. The Balaban J connectivity index is 2.11.